The molecule has 2 aliphatic rings. The number of benzene rings is 2. The summed E-state index contributed by atoms with van der Waals surface area (Å²) in [5, 5.41) is 0. The molecule has 0 amide bonds. The van der Waals surface area contributed by atoms with Crippen LogP contribution < -0.4 is 29.6 Å². The van der Waals surface area contributed by atoms with Crippen LogP contribution in [0, 0.1) is 0 Å². The summed E-state index contributed by atoms with van der Waals surface area (Å²) in [5.41, 5.74) is 7.16. The van der Waals surface area contributed by atoms with E-state index in [1.165, 1.54) is 22.3 Å². The summed E-state index contributed by atoms with van der Waals surface area (Å²) in [7, 11) is -0.542. The summed E-state index contributed by atoms with van der Waals surface area (Å²) < 4.78 is 0. The summed E-state index contributed by atoms with van der Waals surface area (Å²) in [6.07, 6.45) is 9.46. The standard InChI is InChI=1S/C19H17Si.Na.H/c1-20(18-12-10-14-6-2-4-8-16(14)18)19-13-11-15-7-3-5-9-17(15)19;;/h2-13,18-19H,1H3;;/q;+1;-1. The molecule has 2 heteroatoms. The SMILES string of the molecule is C[Si](C1C=Cc2ccccc21)C1C=Cc2ccccc21.[H-].[Na+]. The van der Waals surface area contributed by atoms with Gasteiger partial charge in [0.1, 0.15) is 0 Å². The van der Waals surface area contributed by atoms with Crippen molar-refractivity contribution < 1.29 is 31.0 Å². The number of fused-ring (bicyclic) bond motifs is 2. The third-order valence-corrected chi connectivity index (χ3v) is 7.55. The number of hydrogen-bond acceptors (Lipinski definition) is 0. The Morgan fingerprint density at radius 3 is 1.67 bits per heavy atom. The Kier molecular flexibility index (Phi) is 4.37. The van der Waals surface area contributed by atoms with E-state index in [0.717, 1.165) is 0 Å². The second kappa shape index (κ2) is 6.10. The Balaban J connectivity index is 0.000000882. The summed E-state index contributed by atoms with van der Waals surface area (Å²) in [5.74, 6) is 0. The average Bonchev–Trinajstić information content (AvgIpc) is 3.11. The average molecular weight is 297 g/mol. The van der Waals surface area contributed by atoms with Crippen LogP contribution in [0.5, 0.6) is 0 Å². The molecular weight excluding hydrogens is 279 g/mol. The Hall–Kier alpha value is -0.863. The Bertz CT molecular complexity index is 661. The van der Waals surface area contributed by atoms with Crippen molar-refractivity contribution in [1.29, 1.82) is 0 Å². The van der Waals surface area contributed by atoms with Crippen molar-refractivity contribution in [1.82, 2.24) is 0 Å². The van der Waals surface area contributed by atoms with Crippen LogP contribution in [0.3, 0.4) is 0 Å². The first-order chi connectivity index (χ1) is 9.84. The zero-order valence-electron chi connectivity index (χ0n) is 13.6. The third-order valence-electron chi connectivity index (χ3n) is 4.58. The maximum absolute atomic E-state index is 2.48. The number of allylic oxidation sites excluding steroid dienone is 2. The van der Waals surface area contributed by atoms with Gasteiger partial charge in [-0.25, -0.2) is 0 Å². The van der Waals surface area contributed by atoms with Gasteiger partial charge < -0.3 is 1.43 Å². The van der Waals surface area contributed by atoms with Gasteiger partial charge in [-0.2, -0.15) is 0 Å². The molecule has 4 rings (SSSR count). The molecule has 0 saturated carbocycles. The first kappa shape index (κ1) is 15.0. The van der Waals surface area contributed by atoms with E-state index in [0.29, 0.717) is 11.1 Å². The monoisotopic (exact) mass is 297 g/mol. The van der Waals surface area contributed by atoms with E-state index in [1.807, 2.05) is 0 Å². The van der Waals surface area contributed by atoms with Gasteiger partial charge in [0.05, 0.1) is 8.80 Å². The minimum atomic E-state index is -0.542. The maximum Gasteiger partial charge on any atom is 1.00 e. The quantitative estimate of drug-likeness (QED) is 0.743. The first-order valence-corrected chi connectivity index (χ1v) is 9.37. The van der Waals surface area contributed by atoms with Gasteiger partial charge in [-0.1, -0.05) is 79.4 Å². The van der Waals surface area contributed by atoms with Crippen LogP contribution in [0.25, 0.3) is 12.2 Å². The molecule has 0 heterocycles. The van der Waals surface area contributed by atoms with Crippen molar-refractivity contribution in [2.45, 2.75) is 17.6 Å². The van der Waals surface area contributed by atoms with Gasteiger partial charge in [0, 0.05) is 0 Å². The fourth-order valence-corrected chi connectivity index (χ4v) is 6.18. The first-order valence-electron chi connectivity index (χ1n) is 7.22. The van der Waals surface area contributed by atoms with Crippen molar-refractivity contribution in [3.05, 3.63) is 82.9 Å². The molecule has 0 saturated heterocycles. The van der Waals surface area contributed by atoms with Crippen molar-refractivity contribution in [3.63, 3.8) is 0 Å². The van der Waals surface area contributed by atoms with E-state index < -0.39 is 8.80 Å². The van der Waals surface area contributed by atoms with Crippen LogP contribution >= 0.6 is 0 Å². The summed E-state index contributed by atoms with van der Waals surface area (Å²) in [6, 6.07) is 17.7. The van der Waals surface area contributed by atoms with Gasteiger partial charge in [-0.05, 0) is 33.3 Å². The molecule has 2 aliphatic carbocycles. The molecule has 1 radical (unpaired) electrons. The van der Waals surface area contributed by atoms with E-state index >= 15 is 0 Å². The van der Waals surface area contributed by atoms with Gasteiger partial charge >= 0.3 is 29.6 Å². The predicted octanol–water partition coefficient (Wildman–Crippen LogP) is 1.93. The van der Waals surface area contributed by atoms with Gasteiger partial charge in [0.2, 0.25) is 0 Å². The largest absolute Gasteiger partial charge is 1.00 e. The van der Waals surface area contributed by atoms with Crippen LogP contribution in [0.1, 0.15) is 34.8 Å². The topological polar surface area (TPSA) is 0 Å². The van der Waals surface area contributed by atoms with Crippen LogP contribution in [0.2, 0.25) is 6.55 Å². The summed E-state index contributed by atoms with van der Waals surface area (Å²) in [6.45, 7) is 2.48. The van der Waals surface area contributed by atoms with Crippen LogP contribution in [-0.2, 0) is 0 Å². The molecule has 0 fully saturated rings. The van der Waals surface area contributed by atoms with Gasteiger partial charge in [0.15, 0.2) is 0 Å². The van der Waals surface area contributed by atoms with Crippen molar-refractivity contribution in [3.8, 4) is 0 Å². The van der Waals surface area contributed by atoms with Crippen LogP contribution in [0.15, 0.2) is 60.7 Å². The smallest absolute Gasteiger partial charge is 1.00 e. The van der Waals surface area contributed by atoms with Crippen LogP contribution in [-0.4, -0.2) is 8.80 Å². The minimum Gasteiger partial charge on any atom is -1.00 e. The van der Waals surface area contributed by atoms with E-state index in [9.17, 15) is 0 Å². The summed E-state index contributed by atoms with van der Waals surface area (Å²) in [4.78, 5) is 0. The minimum absolute atomic E-state index is 0. The van der Waals surface area contributed by atoms with Crippen molar-refractivity contribution in [2.75, 3.05) is 0 Å². The second-order valence-corrected chi connectivity index (χ2v) is 8.41. The molecule has 2 aromatic carbocycles. The molecule has 0 aliphatic heterocycles. The molecule has 0 aromatic heterocycles. The predicted molar refractivity (Wildman–Crippen MR) is 89.2 cm³/mol. The molecule has 0 nitrogen and oxygen atoms in total. The molecule has 0 spiro atoms. The summed E-state index contributed by atoms with van der Waals surface area (Å²) >= 11 is 0. The molecule has 99 valence electrons. The zero-order valence-corrected chi connectivity index (χ0v) is 15.6. The van der Waals surface area contributed by atoms with E-state index in [1.54, 1.807) is 0 Å². The van der Waals surface area contributed by atoms with Gasteiger partial charge in [0.25, 0.3) is 0 Å². The van der Waals surface area contributed by atoms with Crippen molar-refractivity contribution >= 4 is 20.9 Å². The van der Waals surface area contributed by atoms with Crippen LogP contribution in [0.4, 0.5) is 0 Å². The molecule has 2 aromatic rings. The van der Waals surface area contributed by atoms with Gasteiger partial charge in [-0.3, -0.25) is 0 Å². The van der Waals surface area contributed by atoms with E-state index in [-0.39, 0.29) is 31.0 Å². The molecule has 0 N–H and O–H groups in total. The Morgan fingerprint density at radius 1 is 0.762 bits per heavy atom. The maximum atomic E-state index is 2.48. The Morgan fingerprint density at radius 2 is 1.19 bits per heavy atom. The Labute approximate surface area is 152 Å². The number of rotatable bonds is 2. The fourth-order valence-electron chi connectivity index (χ4n) is 3.49. The molecule has 2 unspecified atom stereocenters. The zero-order chi connectivity index (χ0) is 13.5. The molecule has 0 bridgehead atoms. The molecule has 21 heavy (non-hydrogen) atoms. The second-order valence-electron chi connectivity index (χ2n) is 5.68. The van der Waals surface area contributed by atoms with Gasteiger partial charge in [-0.15, -0.1) is 0 Å². The normalized spacial score (nSPS) is 21.2. The fraction of sp³-hybridized carbons (Fsp3) is 0.158. The number of hydrogen-bond donors (Lipinski definition) is 0. The van der Waals surface area contributed by atoms with E-state index in [2.05, 4.69) is 79.4 Å². The molecular formula is C19H18NaSi. The van der Waals surface area contributed by atoms with E-state index in [4.69, 9.17) is 0 Å². The van der Waals surface area contributed by atoms with Crippen molar-refractivity contribution in [2.24, 2.45) is 0 Å². The molecule has 2 atom stereocenters. The third kappa shape index (κ3) is 2.53.